The molecule has 1 aromatic heterocycles. The summed E-state index contributed by atoms with van der Waals surface area (Å²) in [5, 5.41) is 15.3. The van der Waals surface area contributed by atoms with Gasteiger partial charge in [-0.3, -0.25) is 5.32 Å². The van der Waals surface area contributed by atoms with Gasteiger partial charge < -0.3 is 33.8 Å². The first-order chi connectivity index (χ1) is 23.5. The lowest BCUT2D eigenvalue weighted by molar-refractivity contribution is -0.157. The molecule has 1 heterocycles. The molecule has 12 nitrogen and oxygen atoms in total. The average Bonchev–Trinajstić information content (AvgIpc) is 3.38. The maximum Gasteiger partial charge on any atom is 0.412 e. The summed E-state index contributed by atoms with van der Waals surface area (Å²) in [6.45, 7) is 15.5. The molecule has 4 rings (SSSR count). The van der Waals surface area contributed by atoms with Crippen molar-refractivity contribution in [2.75, 3.05) is 5.32 Å². The molecule has 0 aliphatic carbocycles. The molecule has 4 aromatic rings. The second kappa shape index (κ2) is 15.3. The smallest absolute Gasteiger partial charge is 0.412 e. The van der Waals surface area contributed by atoms with Gasteiger partial charge in [-0.25, -0.2) is 19.4 Å². The normalized spacial score (nSPS) is 12.6. The van der Waals surface area contributed by atoms with Crippen molar-refractivity contribution in [3.8, 4) is 23.0 Å². The predicted molar refractivity (Wildman–Crippen MR) is 194 cm³/mol. The van der Waals surface area contributed by atoms with Gasteiger partial charge in [-0.05, 0) is 116 Å². The fourth-order valence-electron chi connectivity index (χ4n) is 4.70. The maximum absolute atomic E-state index is 13.1. The molecule has 51 heavy (non-hydrogen) atoms. The number of rotatable bonds is 9. The molecule has 3 N–H and O–H groups in total. The van der Waals surface area contributed by atoms with Crippen molar-refractivity contribution in [2.24, 2.45) is 0 Å². The molecule has 0 saturated heterocycles. The highest BCUT2D eigenvalue weighted by atomic mass is 35.5. The number of phenols is 1. The van der Waals surface area contributed by atoms with E-state index in [0.29, 0.717) is 33.5 Å². The number of aromatic hydroxyl groups is 1. The number of anilines is 1. The number of carbonyl (C=O) groups is 3. The summed E-state index contributed by atoms with van der Waals surface area (Å²) in [7, 11) is 0. The summed E-state index contributed by atoms with van der Waals surface area (Å²) < 4.78 is 28.6. The molecular weight excluding hydrogens is 701 g/mol. The number of nitrogens with one attached hydrogen (secondary N) is 2. The van der Waals surface area contributed by atoms with Crippen LogP contribution in [-0.2, 0) is 32.0 Å². The number of halogens is 2. The fourth-order valence-corrected chi connectivity index (χ4v) is 5.34. The van der Waals surface area contributed by atoms with Crippen LogP contribution >= 0.6 is 23.2 Å². The van der Waals surface area contributed by atoms with Gasteiger partial charge in [-0.15, -0.1) is 0 Å². The zero-order valence-electron chi connectivity index (χ0n) is 30.0. The van der Waals surface area contributed by atoms with E-state index in [0.717, 1.165) is 0 Å². The Bertz CT molecular complexity index is 1880. The van der Waals surface area contributed by atoms with Gasteiger partial charge in [-0.1, -0.05) is 23.2 Å². The summed E-state index contributed by atoms with van der Waals surface area (Å²) >= 11 is 13.3. The van der Waals surface area contributed by atoms with Gasteiger partial charge in [0, 0.05) is 23.2 Å². The molecular formula is C37H43Cl2N3O9. The number of hydrogen-bond donors (Lipinski definition) is 3. The van der Waals surface area contributed by atoms with Crippen molar-refractivity contribution in [2.45, 2.75) is 98.2 Å². The van der Waals surface area contributed by atoms with E-state index in [4.69, 9.17) is 46.6 Å². The zero-order chi connectivity index (χ0) is 37.9. The maximum atomic E-state index is 13.1. The van der Waals surface area contributed by atoms with Crippen molar-refractivity contribution >= 4 is 58.1 Å². The number of benzene rings is 3. The van der Waals surface area contributed by atoms with Crippen LogP contribution in [0, 0.1) is 0 Å². The quantitative estimate of drug-likeness (QED) is 0.111. The van der Waals surface area contributed by atoms with E-state index < -0.39 is 41.0 Å². The fraction of sp³-hybridized carbons (Fsp3) is 0.405. The van der Waals surface area contributed by atoms with Gasteiger partial charge in [0.15, 0.2) is 11.3 Å². The van der Waals surface area contributed by atoms with E-state index in [9.17, 15) is 19.5 Å². The Morgan fingerprint density at radius 3 is 1.96 bits per heavy atom. The third-order valence-electron chi connectivity index (χ3n) is 6.58. The van der Waals surface area contributed by atoms with Crippen LogP contribution in [0.5, 0.6) is 11.5 Å². The van der Waals surface area contributed by atoms with E-state index in [2.05, 4.69) is 15.6 Å². The van der Waals surface area contributed by atoms with Gasteiger partial charge >= 0.3 is 18.2 Å². The molecule has 2 amide bonds. The lowest BCUT2D eigenvalue weighted by atomic mass is 10.1. The third kappa shape index (κ3) is 11.7. The third-order valence-corrected chi connectivity index (χ3v) is 7.14. The van der Waals surface area contributed by atoms with Crippen molar-refractivity contribution in [3.05, 3.63) is 69.7 Å². The summed E-state index contributed by atoms with van der Waals surface area (Å²) in [4.78, 5) is 42.9. The molecule has 0 bridgehead atoms. The monoisotopic (exact) mass is 743 g/mol. The Hall–Kier alpha value is -4.68. The Labute approximate surface area is 306 Å². The largest absolute Gasteiger partial charge is 0.508 e. The number of esters is 1. The van der Waals surface area contributed by atoms with Crippen LogP contribution in [0.15, 0.2) is 52.9 Å². The molecule has 0 aliphatic rings. The van der Waals surface area contributed by atoms with Crippen molar-refractivity contribution in [1.82, 2.24) is 10.3 Å². The number of carbonyl (C=O) groups excluding carboxylic acids is 3. The molecule has 0 fully saturated rings. The number of hydrogen-bond acceptors (Lipinski definition) is 10. The Morgan fingerprint density at radius 2 is 1.39 bits per heavy atom. The van der Waals surface area contributed by atoms with Crippen LogP contribution in [0.25, 0.3) is 22.6 Å². The second-order valence-electron chi connectivity index (χ2n) is 14.8. The van der Waals surface area contributed by atoms with Crippen LogP contribution in [0.1, 0.15) is 73.4 Å². The van der Waals surface area contributed by atoms with E-state index in [1.54, 1.807) is 98.7 Å². The number of ether oxygens (including phenoxy) is 4. The van der Waals surface area contributed by atoms with Gasteiger partial charge in [0.05, 0.1) is 10.0 Å². The summed E-state index contributed by atoms with van der Waals surface area (Å²) in [6, 6.07) is 11.7. The SMILES string of the molecule is CC(C)(C)OC(=O)Nc1cc(COc2c(Cl)cc(CC(NC(=O)OC(C)(C)C)C(=O)OC(C)(C)C)cc2Cl)c2oc(-c3ccc(O)cc3)nc2c1. The van der Waals surface area contributed by atoms with Gasteiger partial charge in [0.1, 0.15) is 40.7 Å². The lowest BCUT2D eigenvalue weighted by Crippen LogP contribution is -2.47. The molecule has 1 unspecified atom stereocenters. The zero-order valence-corrected chi connectivity index (χ0v) is 31.5. The first-order valence-electron chi connectivity index (χ1n) is 16.1. The van der Waals surface area contributed by atoms with Crippen LogP contribution in [0.2, 0.25) is 10.0 Å². The summed E-state index contributed by atoms with van der Waals surface area (Å²) in [5.41, 5.74) is 0.486. The minimum atomic E-state index is -1.11. The lowest BCUT2D eigenvalue weighted by Gasteiger charge is -2.26. The van der Waals surface area contributed by atoms with E-state index in [1.165, 1.54) is 12.1 Å². The number of amides is 2. The first kappa shape index (κ1) is 39.1. The highest BCUT2D eigenvalue weighted by molar-refractivity contribution is 6.37. The molecule has 0 saturated carbocycles. The van der Waals surface area contributed by atoms with Crippen LogP contribution in [-0.4, -0.2) is 51.1 Å². The number of phenolic OH excluding ortho intramolecular Hbond substituents is 1. The number of nitrogens with zero attached hydrogens (tertiary/aromatic N) is 1. The van der Waals surface area contributed by atoms with E-state index in [-0.39, 0.29) is 40.5 Å². The topological polar surface area (TPSA) is 158 Å². The van der Waals surface area contributed by atoms with Gasteiger partial charge in [-0.2, -0.15) is 0 Å². The standard InChI is InChI=1S/C37H43Cl2N3O9/c1-35(2,3)49-32(44)28(42-34(46)51-37(7,8)9)16-20-14-25(38)30(26(39)15-20)47-19-22-17-23(40-33(45)50-36(4,5)6)18-27-29(22)48-31(41-27)21-10-12-24(43)13-11-21/h10-15,17-18,28,43H,16,19H2,1-9H3,(H,40,45)(H,42,46). The average molecular weight is 745 g/mol. The Kier molecular flexibility index (Phi) is 11.7. The number of alkyl carbamates (subject to hydrolysis) is 1. The van der Waals surface area contributed by atoms with Crippen molar-refractivity contribution < 1.29 is 42.9 Å². The Morgan fingerprint density at radius 1 is 0.824 bits per heavy atom. The van der Waals surface area contributed by atoms with Crippen molar-refractivity contribution in [1.29, 1.82) is 0 Å². The molecule has 274 valence electrons. The minimum absolute atomic E-state index is 0.00895. The number of aromatic nitrogens is 1. The predicted octanol–water partition coefficient (Wildman–Crippen LogP) is 9.21. The van der Waals surface area contributed by atoms with E-state index >= 15 is 0 Å². The van der Waals surface area contributed by atoms with Crippen LogP contribution in [0.4, 0.5) is 15.3 Å². The number of oxazole rings is 1. The molecule has 3 aromatic carbocycles. The van der Waals surface area contributed by atoms with E-state index in [1.807, 2.05) is 0 Å². The Balaban J connectivity index is 1.62. The van der Waals surface area contributed by atoms with Gasteiger partial charge in [0.25, 0.3) is 0 Å². The first-order valence-corrected chi connectivity index (χ1v) is 16.9. The van der Waals surface area contributed by atoms with Crippen molar-refractivity contribution in [3.63, 3.8) is 0 Å². The second-order valence-corrected chi connectivity index (χ2v) is 15.6. The molecule has 0 aliphatic heterocycles. The molecule has 0 spiro atoms. The van der Waals surface area contributed by atoms with Crippen LogP contribution in [0.3, 0.4) is 0 Å². The number of fused-ring (bicyclic) bond motifs is 1. The minimum Gasteiger partial charge on any atom is -0.508 e. The molecule has 14 heteroatoms. The molecule has 1 atom stereocenters. The highest BCUT2D eigenvalue weighted by Crippen LogP contribution is 2.37. The highest BCUT2D eigenvalue weighted by Gasteiger charge is 2.30. The summed E-state index contributed by atoms with van der Waals surface area (Å²) in [6.07, 6.45) is -1.46. The van der Waals surface area contributed by atoms with Crippen LogP contribution < -0.4 is 15.4 Å². The summed E-state index contributed by atoms with van der Waals surface area (Å²) in [5.74, 6) is -0.149. The van der Waals surface area contributed by atoms with Gasteiger partial charge in [0.2, 0.25) is 5.89 Å². The molecule has 0 radical (unpaired) electrons.